The van der Waals surface area contributed by atoms with Crippen molar-refractivity contribution in [2.24, 2.45) is 0 Å². The number of anilines is 2. The molecule has 1 aliphatic rings. The first-order valence-electron chi connectivity index (χ1n) is 9.67. The minimum absolute atomic E-state index is 0.0345. The van der Waals surface area contributed by atoms with Gasteiger partial charge < -0.3 is 10.2 Å². The summed E-state index contributed by atoms with van der Waals surface area (Å²) in [5.41, 5.74) is -2.99. The van der Waals surface area contributed by atoms with E-state index in [9.17, 15) is 22.4 Å². The summed E-state index contributed by atoms with van der Waals surface area (Å²) in [6.07, 6.45) is 8.15. The lowest BCUT2D eigenvalue weighted by atomic mass is 10.1. The Hall–Kier alpha value is -3.21. The van der Waals surface area contributed by atoms with E-state index in [-0.39, 0.29) is 11.3 Å². The van der Waals surface area contributed by atoms with Gasteiger partial charge in [-0.2, -0.15) is 13.2 Å². The van der Waals surface area contributed by atoms with E-state index in [0.717, 1.165) is 38.1 Å². The number of rotatable bonds is 5. The third-order valence-electron chi connectivity index (χ3n) is 4.82. The van der Waals surface area contributed by atoms with E-state index in [1.807, 2.05) is 0 Å². The fourth-order valence-corrected chi connectivity index (χ4v) is 3.94. The number of thioether (sulfide) groups is 1. The van der Waals surface area contributed by atoms with E-state index in [0.29, 0.717) is 16.9 Å². The lowest BCUT2D eigenvalue weighted by Crippen LogP contribution is -2.21. The first kappa shape index (κ1) is 22.0. The molecule has 166 valence electrons. The molecule has 32 heavy (non-hydrogen) atoms. The normalized spacial score (nSPS) is 13.9. The molecule has 1 saturated heterocycles. The molecular weight excluding hydrogens is 446 g/mol. The molecule has 1 aliphatic heterocycles. The Balaban J connectivity index is 1.59. The molecule has 1 aromatic carbocycles. The van der Waals surface area contributed by atoms with Crippen LogP contribution in [0.25, 0.3) is 11.1 Å². The summed E-state index contributed by atoms with van der Waals surface area (Å²) in [4.78, 5) is 26.8. The van der Waals surface area contributed by atoms with Crippen LogP contribution < -0.4 is 10.2 Å². The number of carbonyl (C=O) groups excluding carboxylic acids is 1. The van der Waals surface area contributed by atoms with Gasteiger partial charge in [-0.25, -0.2) is 19.3 Å². The SMILES string of the molecule is O=C(Nc1ccc(SC(F)(F)F)c(F)c1)c1cnc(N2CCCC2)c(-c2cncnc2)c1. The molecule has 1 N–H and O–H groups in total. The van der Waals surface area contributed by atoms with Gasteiger partial charge in [0.25, 0.3) is 5.91 Å². The molecule has 2 aromatic heterocycles. The maximum absolute atomic E-state index is 14.0. The number of pyridine rings is 1. The van der Waals surface area contributed by atoms with Crippen LogP contribution in [0.4, 0.5) is 29.1 Å². The minimum Gasteiger partial charge on any atom is -0.356 e. The third-order valence-corrected chi connectivity index (χ3v) is 5.60. The number of carbonyl (C=O) groups is 1. The third kappa shape index (κ3) is 5.16. The van der Waals surface area contributed by atoms with Gasteiger partial charge in [-0.1, -0.05) is 0 Å². The van der Waals surface area contributed by atoms with Crippen molar-refractivity contribution in [3.05, 3.63) is 60.6 Å². The summed E-state index contributed by atoms with van der Waals surface area (Å²) in [7, 11) is 0. The number of benzene rings is 1. The summed E-state index contributed by atoms with van der Waals surface area (Å²) >= 11 is -0.550. The maximum Gasteiger partial charge on any atom is 0.446 e. The Morgan fingerprint density at radius 2 is 1.78 bits per heavy atom. The van der Waals surface area contributed by atoms with Gasteiger partial charge in [-0.05, 0) is 48.9 Å². The highest BCUT2D eigenvalue weighted by Gasteiger charge is 2.30. The van der Waals surface area contributed by atoms with Crippen molar-refractivity contribution in [2.45, 2.75) is 23.2 Å². The molecule has 0 unspecified atom stereocenters. The molecule has 0 bridgehead atoms. The molecule has 11 heteroatoms. The second-order valence-corrected chi connectivity index (χ2v) is 8.17. The van der Waals surface area contributed by atoms with Crippen molar-refractivity contribution in [2.75, 3.05) is 23.3 Å². The predicted octanol–water partition coefficient (Wildman–Crippen LogP) is 5.14. The smallest absolute Gasteiger partial charge is 0.356 e. The van der Waals surface area contributed by atoms with Gasteiger partial charge in [-0.15, -0.1) is 0 Å². The zero-order valence-corrected chi connectivity index (χ0v) is 17.4. The summed E-state index contributed by atoms with van der Waals surface area (Å²) in [5, 5.41) is 2.50. The molecule has 6 nitrogen and oxygen atoms in total. The average molecular weight is 463 g/mol. The number of aromatic nitrogens is 3. The molecule has 3 aromatic rings. The molecule has 4 rings (SSSR count). The number of halogens is 4. The van der Waals surface area contributed by atoms with Crippen LogP contribution >= 0.6 is 11.8 Å². The highest BCUT2D eigenvalue weighted by atomic mass is 32.2. The minimum atomic E-state index is -4.61. The molecule has 3 heterocycles. The van der Waals surface area contributed by atoms with E-state index in [1.165, 1.54) is 18.6 Å². The first-order chi connectivity index (χ1) is 15.3. The van der Waals surface area contributed by atoms with E-state index in [1.54, 1.807) is 18.5 Å². The van der Waals surface area contributed by atoms with Crippen molar-refractivity contribution < 1.29 is 22.4 Å². The van der Waals surface area contributed by atoms with Gasteiger partial charge in [0, 0.05) is 48.5 Å². The lowest BCUT2D eigenvalue weighted by Gasteiger charge is -2.20. The van der Waals surface area contributed by atoms with Crippen molar-refractivity contribution >= 4 is 29.2 Å². The standard InChI is InChI=1S/C21H17F4N5OS/c22-17-8-15(3-4-18(17)32-21(23,24)25)29-20(31)13-7-16(14-9-26-12-27-10-14)19(28-11-13)30-5-1-2-6-30/h3-4,7-12H,1-2,5-6H2,(H,29,31). The van der Waals surface area contributed by atoms with Crippen molar-refractivity contribution in [3.8, 4) is 11.1 Å². The topological polar surface area (TPSA) is 71.0 Å². The Bertz CT molecular complexity index is 1120. The van der Waals surface area contributed by atoms with E-state index >= 15 is 0 Å². The Labute approximate surface area is 185 Å². The second kappa shape index (κ2) is 9.11. The molecule has 0 aliphatic carbocycles. The number of hydrogen-bond donors (Lipinski definition) is 1. The molecule has 1 fully saturated rings. The number of nitrogens with zero attached hydrogens (tertiary/aromatic N) is 4. The zero-order valence-electron chi connectivity index (χ0n) is 16.6. The highest BCUT2D eigenvalue weighted by Crippen LogP contribution is 2.38. The molecular formula is C21H17F4N5OS. The van der Waals surface area contributed by atoms with Gasteiger partial charge in [0.05, 0.1) is 10.5 Å². The van der Waals surface area contributed by atoms with Crippen molar-refractivity contribution in [1.29, 1.82) is 0 Å². The van der Waals surface area contributed by atoms with Crippen molar-refractivity contribution in [1.82, 2.24) is 15.0 Å². The van der Waals surface area contributed by atoms with Crippen LogP contribution in [0.1, 0.15) is 23.2 Å². The first-order valence-corrected chi connectivity index (χ1v) is 10.5. The molecule has 1 amide bonds. The average Bonchev–Trinajstić information content (AvgIpc) is 3.30. The van der Waals surface area contributed by atoms with Gasteiger partial charge in [-0.3, -0.25) is 4.79 Å². The highest BCUT2D eigenvalue weighted by molar-refractivity contribution is 8.00. The number of amides is 1. The van der Waals surface area contributed by atoms with Gasteiger partial charge in [0.15, 0.2) is 0 Å². The fourth-order valence-electron chi connectivity index (χ4n) is 3.40. The van der Waals surface area contributed by atoms with Crippen LogP contribution in [0.3, 0.4) is 0 Å². The quantitative estimate of drug-likeness (QED) is 0.417. The lowest BCUT2D eigenvalue weighted by molar-refractivity contribution is -0.0329. The van der Waals surface area contributed by atoms with Crippen LogP contribution in [0.5, 0.6) is 0 Å². The van der Waals surface area contributed by atoms with Crippen LogP contribution in [-0.4, -0.2) is 39.5 Å². The van der Waals surface area contributed by atoms with Gasteiger partial charge in [0.2, 0.25) is 0 Å². The summed E-state index contributed by atoms with van der Waals surface area (Å²) in [5.74, 6) is -0.928. The second-order valence-electron chi connectivity index (χ2n) is 7.06. The van der Waals surface area contributed by atoms with Gasteiger partial charge >= 0.3 is 5.51 Å². The summed E-state index contributed by atoms with van der Waals surface area (Å²) in [6, 6.07) is 4.69. The summed E-state index contributed by atoms with van der Waals surface area (Å²) < 4.78 is 51.5. The number of hydrogen-bond acceptors (Lipinski definition) is 6. The Kier molecular flexibility index (Phi) is 6.26. The van der Waals surface area contributed by atoms with Crippen LogP contribution in [0.2, 0.25) is 0 Å². The van der Waals surface area contributed by atoms with Crippen LogP contribution in [-0.2, 0) is 0 Å². The van der Waals surface area contributed by atoms with Gasteiger partial charge in [0.1, 0.15) is 18.0 Å². The Morgan fingerprint density at radius 3 is 2.44 bits per heavy atom. The molecule has 0 radical (unpaired) electrons. The van der Waals surface area contributed by atoms with Crippen LogP contribution in [0.15, 0.2) is 54.1 Å². The number of alkyl halides is 3. The van der Waals surface area contributed by atoms with E-state index in [4.69, 9.17) is 0 Å². The van der Waals surface area contributed by atoms with Crippen LogP contribution in [0, 0.1) is 5.82 Å². The number of nitrogens with one attached hydrogen (secondary N) is 1. The van der Waals surface area contributed by atoms with E-state index < -0.39 is 33.9 Å². The summed E-state index contributed by atoms with van der Waals surface area (Å²) in [6.45, 7) is 1.70. The largest absolute Gasteiger partial charge is 0.446 e. The predicted molar refractivity (Wildman–Crippen MR) is 113 cm³/mol. The van der Waals surface area contributed by atoms with E-state index in [2.05, 4.69) is 25.2 Å². The molecule has 0 spiro atoms. The molecule has 0 atom stereocenters. The molecule has 0 saturated carbocycles. The fraction of sp³-hybridized carbons (Fsp3) is 0.238. The Morgan fingerprint density at radius 1 is 1.06 bits per heavy atom. The zero-order chi connectivity index (χ0) is 22.7. The monoisotopic (exact) mass is 463 g/mol. The van der Waals surface area contributed by atoms with Crippen molar-refractivity contribution in [3.63, 3.8) is 0 Å². The maximum atomic E-state index is 14.0.